The molecule has 0 atom stereocenters. The number of hydrogen-bond donors (Lipinski definition) is 1. The van der Waals surface area contributed by atoms with Crippen molar-refractivity contribution < 1.29 is 14.3 Å². The molecule has 0 aliphatic carbocycles. The molecule has 40 heavy (non-hydrogen) atoms. The Labute approximate surface area is 234 Å². The van der Waals surface area contributed by atoms with Crippen LogP contribution in [-0.2, 0) is 17.7 Å². The molecule has 202 valence electrons. The molecule has 1 N–H and O–H groups in total. The Morgan fingerprint density at radius 1 is 0.950 bits per heavy atom. The molecule has 0 aliphatic rings. The summed E-state index contributed by atoms with van der Waals surface area (Å²) in [5.41, 5.74) is 4.31. The average Bonchev–Trinajstić information content (AvgIpc) is 3.67. The van der Waals surface area contributed by atoms with Gasteiger partial charge in [0.05, 0.1) is 24.3 Å². The SMILES string of the molecule is CCCOC(=O)c1ccccc1C(=O)N=c1sc(CC)nn1Cc1ccc(-c2ccccc2-c2nnn[nH]2)cc1. The van der Waals surface area contributed by atoms with E-state index in [1.807, 2.05) is 62.4 Å². The number of aromatic amines is 1. The fraction of sp³-hybridized carbons (Fsp3) is 0.207. The van der Waals surface area contributed by atoms with Crippen molar-refractivity contribution in [1.82, 2.24) is 30.4 Å². The van der Waals surface area contributed by atoms with Crippen LogP contribution in [0.25, 0.3) is 22.5 Å². The van der Waals surface area contributed by atoms with Crippen molar-refractivity contribution in [3.8, 4) is 22.5 Å². The summed E-state index contributed by atoms with van der Waals surface area (Å²) in [6.07, 6.45) is 1.40. The van der Waals surface area contributed by atoms with E-state index in [0.717, 1.165) is 27.3 Å². The standard InChI is InChI=1S/C29H27N7O3S/c1-3-17-39-28(38)24-12-8-7-11-23(24)27(37)30-29-36(33-25(4-2)40-29)18-19-13-15-20(16-14-19)21-9-5-6-10-22(21)26-31-34-35-32-26/h5-16H,3-4,17-18H2,1-2H3,(H,31,32,34,35). The molecule has 0 unspecified atom stereocenters. The van der Waals surface area contributed by atoms with Gasteiger partial charge in [0.1, 0.15) is 5.01 Å². The molecule has 11 heteroatoms. The number of tetrazole rings is 1. The van der Waals surface area contributed by atoms with E-state index in [1.165, 1.54) is 11.3 Å². The van der Waals surface area contributed by atoms with Crippen molar-refractivity contribution in [3.63, 3.8) is 0 Å². The number of nitrogens with zero attached hydrogens (tertiary/aromatic N) is 6. The van der Waals surface area contributed by atoms with Crippen LogP contribution in [0, 0.1) is 0 Å². The first-order valence-corrected chi connectivity index (χ1v) is 13.7. The van der Waals surface area contributed by atoms with E-state index in [0.29, 0.717) is 30.0 Å². The number of esters is 1. The highest BCUT2D eigenvalue weighted by atomic mass is 32.1. The zero-order valence-electron chi connectivity index (χ0n) is 22.1. The first kappa shape index (κ1) is 26.8. The number of aryl methyl sites for hydroxylation is 1. The van der Waals surface area contributed by atoms with Gasteiger partial charge in [0, 0.05) is 5.56 Å². The monoisotopic (exact) mass is 553 g/mol. The van der Waals surface area contributed by atoms with Crippen molar-refractivity contribution in [2.45, 2.75) is 33.2 Å². The topological polar surface area (TPSA) is 128 Å². The van der Waals surface area contributed by atoms with Gasteiger partial charge >= 0.3 is 5.97 Å². The number of carbonyl (C=O) groups is 2. The van der Waals surface area contributed by atoms with Gasteiger partial charge in [-0.3, -0.25) is 4.79 Å². The fourth-order valence-electron chi connectivity index (χ4n) is 4.13. The molecule has 0 spiro atoms. The van der Waals surface area contributed by atoms with Gasteiger partial charge < -0.3 is 4.74 Å². The van der Waals surface area contributed by atoms with Gasteiger partial charge in [-0.2, -0.15) is 10.1 Å². The van der Waals surface area contributed by atoms with Crippen molar-refractivity contribution in [1.29, 1.82) is 0 Å². The molecule has 1 amide bonds. The Bertz CT molecular complexity index is 1690. The molecule has 5 aromatic rings. The van der Waals surface area contributed by atoms with Crippen molar-refractivity contribution in [2.24, 2.45) is 4.99 Å². The number of amides is 1. The number of H-pyrrole nitrogens is 1. The highest BCUT2D eigenvalue weighted by Gasteiger charge is 2.18. The minimum atomic E-state index is -0.534. The zero-order valence-corrected chi connectivity index (χ0v) is 22.9. The molecule has 3 aromatic carbocycles. The summed E-state index contributed by atoms with van der Waals surface area (Å²) in [6, 6.07) is 22.6. The summed E-state index contributed by atoms with van der Waals surface area (Å²) in [5, 5.41) is 19.8. The van der Waals surface area contributed by atoms with Crippen LogP contribution in [0.1, 0.15) is 51.6 Å². The Morgan fingerprint density at radius 2 is 1.68 bits per heavy atom. The van der Waals surface area contributed by atoms with E-state index in [2.05, 4.69) is 30.7 Å². The lowest BCUT2D eigenvalue weighted by Gasteiger charge is -2.09. The number of ether oxygens (including phenoxy) is 1. The molecule has 10 nitrogen and oxygen atoms in total. The molecule has 0 aliphatic heterocycles. The quantitative estimate of drug-likeness (QED) is 0.262. The van der Waals surface area contributed by atoms with Gasteiger partial charge in [0.2, 0.25) is 4.80 Å². The molecular weight excluding hydrogens is 526 g/mol. The second kappa shape index (κ2) is 12.4. The summed E-state index contributed by atoms with van der Waals surface area (Å²) in [4.78, 5) is 30.6. The maximum Gasteiger partial charge on any atom is 0.338 e. The number of rotatable bonds is 9. The second-order valence-electron chi connectivity index (χ2n) is 8.88. The fourth-order valence-corrected chi connectivity index (χ4v) is 4.96. The first-order valence-electron chi connectivity index (χ1n) is 12.9. The molecular formula is C29H27N7O3S. The Hall–Kier alpha value is -4.77. The molecule has 2 aromatic heterocycles. The van der Waals surface area contributed by atoms with Gasteiger partial charge in [0.15, 0.2) is 5.82 Å². The van der Waals surface area contributed by atoms with Gasteiger partial charge in [-0.1, -0.05) is 85.8 Å². The molecule has 0 fully saturated rings. The third-order valence-electron chi connectivity index (χ3n) is 6.10. The van der Waals surface area contributed by atoms with Gasteiger partial charge in [-0.25, -0.2) is 14.6 Å². The van der Waals surface area contributed by atoms with Crippen LogP contribution in [0.15, 0.2) is 77.8 Å². The Balaban J connectivity index is 1.42. The first-order chi connectivity index (χ1) is 19.6. The predicted molar refractivity (Wildman–Crippen MR) is 151 cm³/mol. The molecule has 5 rings (SSSR count). The summed E-state index contributed by atoms with van der Waals surface area (Å²) >= 11 is 1.36. The summed E-state index contributed by atoms with van der Waals surface area (Å²) in [6.45, 7) is 4.63. The lowest BCUT2D eigenvalue weighted by atomic mass is 9.98. The summed E-state index contributed by atoms with van der Waals surface area (Å²) in [7, 11) is 0. The Morgan fingerprint density at radius 3 is 2.38 bits per heavy atom. The van der Waals surface area contributed by atoms with Crippen LogP contribution in [-0.4, -0.2) is 48.9 Å². The molecule has 2 heterocycles. The normalized spacial score (nSPS) is 11.5. The third-order valence-corrected chi connectivity index (χ3v) is 7.19. The number of aromatic nitrogens is 6. The largest absolute Gasteiger partial charge is 0.462 e. The van der Waals surface area contributed by atoms with Gasteiger partial charge in [0.25, 0.3) is 5.91 Å². The van der Waals surface area contributed by atoms with E-state index in [9.17, 15) is 9.59 Å². The minimum Gasteiger partial charge on any atom is -0.462 e. The number of benzene rings is 3. The highest BCUT2D eigenvalue weighted by Crippen LogP contribution is 2.29. The minimum absolute atomic E-state index is 0.201. The third kappa shape index (κ3) is 5.94. The smallest absolute Gasteiger partial charge is 0.338 e. The van der Waals surface area contributed by atoms with Crippen LogP contribution in [0.2, 0.25) is 0 Å². The molecule has 0 saturated carbocycles. The predicted octanol–water partition coefficient (Wildman–Crippen LogP) is 4.71. The lowest BCUT2D eigenvalue weighted by Crippen LogP contribution is -2.20. The number of nitrogens with one attached hydrogen (secondary N) is 1. The van der Waals surface area contributed by atoms with E-state index < -0.39 is 11.9 Å². The summed E-state index contributed by atoms with van der Waals surface area (Å²) < 4.78 is 6.98. The molecule has 0 bridgehead atoms. The van der Waals surface area contributed by atoms with Crippen LogP contribution >= 0.6 is 11.3 Å². The Kier molecular flexibility index (Phi) is 8.31. The highest BCUT2D eigenvalue weighted by molar-refractivity contribution is 7.08. The van der Waals surface area contributed by atoms with Crippen LogP contribution in [0.3, 0.4) is 0 Å². The van der Waals surface area contributed by atoms with Crippen LogP contribution in [0.4, 0.5) is 0 Å². The van der Waals surface area contributed by atoms with Crippen LogP contribution < -0.4 is 4.80 Å². The van der Waals surface area contributed by atoms with Crippen LogP contribution in [0.5, 0.6) is 0 Å². The van der Waals surface area contributed by atoms with Crippen molar-refractivity contribution >= 4 is 23.2 Å². The summed E-state index contributed by atoms with van der Waals surface area (Å²) in [5.74, 6) is -0.451. The van der Waals surface area contributed by atoms with E-state index in [1.54, 1.807) is 28.9 Å². The van der Waals surface area contributed by atoms with E-state index >= 15 is 0 Å². The molecule has 0 saturated heterocycles. The van der Waals surface area contributed by atoms with Gasteiger partial charge in [-0.05, 0) is 52.1 Å². The second-order valence-corrected chi connectivity index (χ2v) is 9.92. The number of hydrogen-bond acceptors (Lipinski definition) is 8. The zero-order chi connectivity index (χ0) is 27.9. The lowest BCUT2D eigenvalue weighted by molar-refractivity contribution is 0.0502. The van der Waals surface area contributed by atoms with Gasteiger partial charge in [-0.15, -0.1) is 5.10 Å². The maximum atomic E-state index is 13.2. The van der Waals surface area contributed by atoms with E-state index in [4.69, 9.17) is 4.74 Å². The van der Waals surface area contributed by atoms with Crippen molar-refractivity contribution in [3.05, 3.63) is 99.3 Å². The van der Waals surface area contributed by atoms with E-state index in [-0.39, 0.29) is 17.7 Å². The van der Waals surface area contributed by atoms with Crippen molar-refractivity contribution in [2.75, 3.05) is 6.61 Å². The average molecular weight is 554 g/mol. The molecule has 0 radical (unpaired) electrons. The number of carbonyl (C=O) groups excluding carboxylic acids is 2. The maximum absolute atomic E-state index is 13.2.